The van der Waals surface area contributed by atoms with Gasteiger partial charge in [-0.3, -0.25) is 0 Å². The molecule has 0 unspecified atom stereocenters. The van der Waals surface area contributed by atoms with Crippen LogP contribution in [0.3, 0.4) is 0 Å². The molecule has 1 N–H and O–H groups in total. The maximum absolute atomic E-state index is 4.75. The minimum Gasteiger partial charge on any atom is -0.369 e. The number of anilines is 1. The van der Waals surface area contributed by atoms with Crippen LogP contribution in [0.25, 0.3) is 10.9 Å². The van der Waals surface area contributed by atoms with Gasteiger partial charge in [-0.1, -0.05) is 56.3 Å². The van der Waals surface area contributed by atoms with Gasteiger partial charge in [0.1, 0.15) is 11.6 Å². The highest BCUT2D eigenvalue weighted by molar-refractivity contribution is 5.89. The van der Waals surface area contributed by atoms with Crippen LogP contribution >= 0.6 is 0 Å². The van der Waals surface area contributed by atoms with Gasteiger partial charge in [0.05, 0.1) is 5.52 Å². The summed E-state index contributed by atoms with van der Waals surface area (Å²) in [6.45, 7) is 7.19. The molecular weight excluding hydrogens is 320 g/mol. The molecule has 0 fully saturated rings. The van der Waals surface area contributed by atoms with Gasteiger partial charge in [-0.2, -0.15) is 0 Å². The van der Waals surface area contributed by atoms with Gasteiger partial charge in [0, 0.05) is 24.4 Å². The molecule has 0 amide bonds. The highest BCUT2D eigenvalue weighted by atomic mass is 15.1. The normalized spacial score (nSPS) is 11.4. The molecule has 0 atom stereocenters. The molecule has 0 saturated carbocycles. The zero-order valence-corrected chi connectivity index (χ0v) is 15.9. The second kappa shape index (κ2) is 8.77. The third kappa shape index (κ3) is 4.79. The van der Waals surface area contributed by atoms with Crippen LogP contribution in [-0.4, -0.2) is 35.0 Å². The number of fused-ring (bicyclic) bond motifs is 1. The monoisotopic (exact) mass is 348 g/mol. The van der Waals surface area contributed by atoms with E-state index in [9.17, 15) is 0 Å². The first kappa shape index (κ1) is 18.3. The van der Waals surface area contributed by atoms with Gasteiger partial charge in [0.2, 0.25) is 0 Å². The summed E-state index contributed by atoms with van der Waals surface area (Å²) < 4.78 is 0. The lowest BCUT2D eigenvalue weighted by Crippen LogP contribution is -2.21. The molecule has 1 heterocycles. The van der Waals surface area contributed by atoms with Gasteiger partial charge < -0.3 is 10.2 Å². The van der Waals surface area contributed by atoms with E-state index in [-0.39, 0.29) is 0 Å². The minimum absolute atomic E-state index is 0.317. The van der Waals surface area contributed by atoms with E-state index >= 15 is 0 Å². The Morgan fingerprint density at radius 2 is 1.69 bits per heavy atom. The standard InChI is InChI=1S/C22H28N4/c1-17(2)21-24-20-13-8-7-12-19(20)22(25-21)23-14-9-15-26(3)16-18-10-5-4-6-11-18/h4-8,10-13,17H,9,14-16H2,1-3H3,(H,23,24,25). The average molecular weight is 348 g/mol. The molecule has 0 radical (unpaired) electrons. The SMILES string of the molecule is CC(C)c1nc(NCCCN(C)Cc2ccccc2)c2ccccc2n1. The van der Waals surface area contributed by atoms with E-state index < -0.39 is 0 Å². The molecule has 0 aliphatic heterocycles. The Hall–Kier alpha value is -2.46. The van der Waals surface area contributed by atoms with E-state index in [1.54, 1.807) is 0 Å². The number of para-hydroxylation sites is 1. The van der Waals surface area contributed by atoms with Crippen molar-refractivity contribution >= 4 is 16.7 Å². The Morgan fingerprint density at radius 1 is 0.962 bits per heavy atom. The van der Waals surface area contributed by atoms with Gasteiger partial charge in [0.25, 0.3) is 0 Å². The van der Waals surface area contributed by atoms with Crippen molar-refractivity contribution in [2.75, 3.05) is 25.5 Å². The van der Waals surface area contributed by atoms with E-state index in [2.05, 4.69) is 78.6 Å². The average Bonchev–Trinajstić information content (AvgIpc) is 2.65. The Balaban J connectivity index is 1.57. The molecule has 0 aliphatic rings. The third-order valence-electron chi connectivity index (χ3n) is 4.44. The van der Waals surface area contributed by atoms with E-state index in [0.717, 1.165) is 48.6 Å². The Kier molecular flexibility index (Phi) is 6.18. The highest BCUT2D eigenvalue weighted by Crippen LogP contribution is 2.22. The molecule has 136 valence electrons. The summed E-state index contributed by atoms with van der Waals surface area (Å²) in [5, 5.41) is 4.62. The molecule has 4 heteroatoms. The van der Waals surface area contributed by atoms with Crippen LogP contribution in [0.4, 0.5) is 5.82 Å². The van der Waals surface area contributed by atoms with Crippen LogP contribution in [0.5, 0.6) is 0 Å². The summed E-state index contributed by atoms with van der Waals surface area (Å²) in [6.07, 6.45) is 1.07. The lowest BCUT2D eigenvalue weighted by Gasteiger charge is -2.17. The quantitative estimate of drug-likeness (QED) is 0.600. The van der Waals surface area contributed by atoms with Gasteiger partial charge >= 0.3 is 0 Å². The van der Waals surface area contributed by atoms with Crippen molar-refractivity contribution in [3.05, 3.63) is 66.0 Å². The van der Waals surface area contributed by atoms with Crippen molar-refractivity contribution < 1.29 is 0 Å². The number of aromatic nitrogens is 2. The van der Waals surface area contributed by atoms with Crippen LogP contribution < -0.4 is 5.32 Å². The number of hydrogen-bond acceptors (Lipinski definition) is 4. The van der Waals surface area contributed by atoms with Crippen LogP contribution in [0.15, 0.2) is 54.6 Å². The fourth-order valence-electron chi connectivity index (χ4n) is 3.02. The van der Waals surface area contributed by atoms with Crippen molar-refractivity contribution in [3.8, 4) is 0 Å². The van der Waals surface area contributed by atoms with Gasteiger partial charge in [-0.15, -0.1) is 0 Å². The van der Waals surface area contributed by atoms with E-state index in [1.807, 2.05) is 12.1 Å². The van der Waals surface area contributed by atoms with Crippen LogP contribution in [0.2, 0.25) is 0 Å². The number of rotatable bonds is 8. The lowest BCUT2D eigenvalue weighted by atomic mass is 10.1. The number of nitrogens with one attached hydrogen (secondary N) is 1. The molecule has 26 heavy (non-hydrogen) atoms. The van der Waals surface area contributed by atoms with Crippen molar-refractivity contribution in [2.45, 2.75) is 32.7 Å². The van der Waals surface area contributed by atoms with E-state index in [0.29, 0.717) is 5.92 Å². The third-order valence-corrected chi connectivity index (χ3v) is 4.44. The van der Waals surface area contributed by atoms with Crippen molar-refractivity contribution in [1.82, 2.24) is 14.9 Å². The first-order chi connectivity index (χ1) is 12.6. The Bertz CT molecular complexity index is 830. The fraction of sp³-hybridized carbons (Fsp3) is 0.364. The zero-order chi connectivity index (χ0) is 18.4. The topological polar surface area (TPSA) is 41.1 Å². The smallest absolute Gasteiger partial charge is 0.137 e. The van der Waals surface area contributed by atoms with Gasteiger partial charge in [0.15, 0.2) is 0 Å². The lowest BCUT2D eigenvalue weighted by molar-refractivity contribution is 0.325. The molecule has 0 saturated heterocycles. The largest absolute Gasteiger partial charge is 0.369 e. The minimum atomic E-state index is 0.317. The number of benzene rings is 2. The molecule has 4 nitrogen and oxygen atoms in total. The first-order valence-corrected chi connectivity index (χ1v) is 9.36. The molecule has 1 aromatic heterocycles. The summed E-state index contributed by atoms with van der Waals surface area (Å²) >= 11 is 0. The van der Waals surface area contributed by atoms with Crippen LogP contribution in [-0.2, 0) is 6.54 Å². The summed E-state index contributed by atoms with van der Waals surface area (Å²) in [5.41, 5.74) is 2.36. The molecule has 0 spiro atoms. The number of hydrogen-bond donors (Lipinski definition) is 1. The maximum Gasteiger partial charge on any atom is 0.137 e. The zero-order valence-electron chi connectivity index (χ0n) is 15.9. The Labute approximate surface area is 156 Å². The van der Waals surface area contributed by atoms with Gasteiger partial charge in [-0.05, 0) is 37.7 Å². The molecule has 3 rings (SSSR count). The molecule has 2 aromatic carbocycles. The van der Waals surface area contributed by atoms with Crippen molar-refractivity contribution in [3.63, 3.8) is 0 Å². The fourth-order valence-corrected chi connectivity index (χ4v) is 3.02. The number of nitrogens with zero attached hydrogens (tertiary/aromatic N) is 3. The molecule has 0 aliphatic carbocycles. The molecule has 0 bridgehead atoms. The molecule has 3 aromatic rings. The summed E-state index contributed by atoms with van der Waals surface area (Å²) in [5.74, 6) is 2.16. The predicted octanol–water partition coefficient (Wildman–Crippen LogP) is 4.69. The second-order valence-electron chi connectivity index (χ2n) is 7.11. The highest BCUT2D eigenvalue weighted by Gasteiger charge is 2.09. The van der Waals surface area contributed by atoms with E-state index in [1.165, 1.54) is 5.56 Å². The summed E-state index contributed by atoms with van der Waals surface area (Å²) in [7, 11) is 2.17. The summed E-state index contributed by atoms with van der Waals surface area (Å²) in [6, 6.07) is 18.8. The van der Waals surface area contributed by atoms with Crippen LogP contribution in [0, 0.1) is 0 Å². The van der Waals surface area contributed by atoms with Crippen molar-refractivity contribution in [2.24, 2.45) is 0 Å². The van der Waals surface area contributed by atoms with Crippen LogP contribution in [0.1, 0.15) is 37.6 Å². The second-order valence-corrected chi connectivity index (χ2v) is 7.11. The molecular formula is C22H28N4. The summed E-state index contributed by atoms with van der Waals surface area (Å²) in [4.78, 5) is 11.8. The van der Waals surface area contributed by atoms with E-state index in [4.69, 9.17) is 4.98 Å². The van der Waals surface area contributed by atoms with Gasteiger partial charge in [-0.25, -0.2) is 9.97 Å². The first-order valence-electron chi connectivity index (χ1n) is 9.36. The van der Waals surface area contributed by atoms with Crippen molar-refractivity contribution in [1.29, 1.82) is 0 Å². The Morgan fingerprint density at radius 3 is 2.46 bits per heavy atom. The predicted molar refractivity (Wildman–Crippen MR) is 110 cm³/mol. The maximum atomic E-state index is 4.75.